The smallest absolute Gasteiger partial charge is 0.254 e. The largest absolute Gasteiger partial charge is 0.438 e. The molecule has 0 radical (unpaired) electrons. The second-order valence-corrected chi connectivity index (χ2v) is 6.44. The first-order valence-electron chi connectivity index (χ1n) is 7.96. The number of carbonyl (C=O) groups excluding carboxylic acids is 1. The lowest BCUT2D eigenvalue weighted by Crippen LogP contribution is -2.42. The van der Waals surface area contributed by atoms with Crippen LogP contribution in [0.15, 0.2) is 20.1 Å². The predicted molar refractivity (Wildman–Crippen MR) is 92.4 cm³/mol. The van der Waals surface area contributed by atoms with Gasteiger partial charge in [-0.1, -0.05) is 0 Å². The van der Waals surface area contributed by atoms with E-state index in [1.54, 1.807) is 0 Å². The highest BCUT2D eigenvalue weighted by Gasteiger charge is 2.18. The van der Waals surface area contributed by atoms with E-state index in [0.29, 0.717) is 38.7 Å². The van der Waals surface area contributed by atoms with Crippen LogP contribution >= 0.6 is 15.9 Å². The number of hydrazone groups is 1. The van der Waals surface area contributed by atoms with Gasteiger partial charge in [0, 0.05) is 32.2 Å². The fraction of sp³-hybridized carbons (Fsp3) is 0.600. The number of carbonyl (C=O) groups is 1. The van der Waals surface area contributed by atoms with Gasteiger partial charge < -0.3 is 18.8 Å². The third-order valence-electron chi connectivity index (χ3n) is 3.84. The molecule has 2 saturated heterocycles. The molecule has 24 heavy (non-hydrogen) atoms. The van der Waals surface area contributed by atoms with Crippen LogP contribution in [0.25, 0.3) is 0 Å². The van der Waals surface area contributed by atoms with Gasteiger partial charge >= 0.3 is 0 Å². The van der Waals surface area contributed by atoms with E-state index >= 15 is 0 Å². The second-order valence-electron chi connectivity index (χ2n) is 5.58. The molecule has 0 unspecified atom stereocenters. The Morgan fingerprint density at radius 3 is 2.58 bits per heavy atom. The number of amides is 1. The molecule has 0 aliphatic carbocycles. The first-order chi connectivity index (χ1) is 11.7. The summed E-state index contributed by atoms with van der Waals surface area (Å²) in [5.74, 6) is 1.20. The Labute approximate surface area is 148 Å². The maximum Gasteiger partial charge on any atom is 0.254 e. The van der Waals surface area contributed by atoms with Crippen LogP contribution < -0.4 is 10.3 Å². The zero-order valence-corrected chi connectivity index (χ0v) is 15.0. The van der Waals surface area contributed by atoms with Gasteiger partial charge in [-0.2, -0.15) is 5.10 Å². The number of nitrogens with zero attached hydrogens (tertiary/aromatic N) is 3. The van der Waals surface area contributed by atoms with E-state index in [-0.39, 0.29) is 5.91 Å². The van der Waals surface area contributed by atoms with Crippen molar-refractivity contribution in [2.45, 2.75) is 0 Å². The van der Waals surface area contributed by atoms with Crippen LogP contribution in [0.1, 0.15) is 5.76 Å². The SMILES string of the molecule is O=C(CN1CCOCC1)N/N=C\c1cc(Br)c(N2CCOCC2)o1. The molecule has 132 valence electrons. The van der Waals surface area contributed by atoms with Gasteiger partial charge in [0.25, 0.3) is 5.91 Å². The number of hydrogen-bond donors (Lipinski definition) is 1. The lowest BCUT2D eigenvalue weighted by molar-refractivity contribution is -0.123. The standard InChI is InChI=1S/C15H21BrN4O4/c16-13-9-12(24-15(13)20-3-7-23-8-4-20)10-17-18-14(21)11-19-1-5-22-6-2-19/h9-10H,1-8,11H2,(H,18,21)/b17-10-. The van der Waals surface area contributed by atoms with Crippen molar-refractivity contribution in [3.8, 4) is 0 Å². The number of rotatable bonds is 5. The molecule has 1 aromatic heterocycles. The quantitative estimate of drug-likeness (QED) is 0.577. The van der Waals surface area contributed by atoms with Crippen molar-refractivity contribution in [3.05, 3.63) is 16.3 Å². The van der Waals surface area contributed by atoms with Crippen molar-refractivity contribution >= 4 is 33.9 Å². The van der Waals surface area contributed by atoms with Crippen molar-refractivity contribution in [3.63, 3.8) is 0 Å². The van der Waals surface area contributed by atoms with E-state index in [2.05, 4.69) is 31.4 Å². The Hall–Kier alpha value is -1.42. The van der Waals surface area contributed by atoms with Crippen LogP contribution in [-0.2, 0) is 14.3 Å². The summed E-state index contributed by atoms with van der Waals surface area (Å²) in [6, 6.07) is 1.84. The Morgan fingerprint density at radius 2 is 1.88 bits per heavy atom. The van der Waals surface area contributed by atoms with Crippen LogP contribution in [0.4, 0.5) is 5.88 Å². The van der Waals surface area contributed by atoms with E-state index in [1.165, 1.54) is 6.21 Å². The molecule has 0 saturated carbocycles. The van der Waals surface area contributed by atoms with E-state index in [9.17, 15) is 4.79 Å². The zero-order valence-electron chi connectivity index (χ0n) is 13.4. The fourth-order valence-corrected chi connectivity index (χ4v) is 3.15. The maximum atomic E-state index is 11.9. The Balaban J connectivity index is 1.50. The third-order valence-corrected chi connectivity index (χ3v) is 4.41. The molecular formula is C15H21BrN4O4. The molecule has 0 bridgehead atoms. The highest BCUT2D eigenvalue weighted by molar-refractivity contribution is 9.10. The molecule has 0 atom stereocenters. The highest BCUT2D eigenvalue weighted by Crippen LogP contribution is 2.30. The molecule has 3 heterocycles. The Bertz CT molecular complexity index is 580. The van der Waals surface area contributed by atoms with Crippen LogP contribution in [0, 0.1) is 0 Å². The Morgan fingerprint density at radius 1 is 1.21 bits per heavy atom. The molecule has 2 fully saturated rings. The minimum Gasteiger partial charge on any atom is -0.438 e. The third kappa shape index (κ3) is 4.79. The number of hydrogen-bond acceptors (Lipinski definition) is 7. The number of halogens is 1. The van der Waals surface area contributed by atoms with Crippen LogP contribution in [0.5, 0.6) is 0 Å². The first-order valence-corrected chi connectivity index (χ1v) is 8.76. The zero-order chi connectivity index (χ0) is 16.8. The molecule has 2 aliphatic heterocycles. The molecule has 0 spiro atoms. The molecule has 3 rings (SSSR count). The van der Waals surface area contributed by atoms with E-state index in [0.717, 1.165) is 36.5 Å². The number of anilines is 1. The lowest BCUT2D eigenvalue weighted by atomic mass is 10.4. The molecule has 8 nitrogen and oxygen atoms in total. The number of morpholine rings is 2. The first kappa shape index (κ1) is 17.4. The lowest BCUT2D eigenvalue weighted by Gasteiger charge is -2.26. The van der Waals surface area contributed by atoms with Crippen molar-refractivity contribution in [1.29, 1.82) is 0 Å². The van der Waals surface area contributed by atoms with E-state index in [4.69, 9.17) is 13.9 Å². The molecule has 2 aliphatic rings. The average molecular weight is 401 g/mol. The fourth-order valence-electron chi connectivity index (χ4n) is 2.59. The van der Waals surface area contributed by atoms with Crippen molar-refractivity contribution in [2.75, 3.05) is 64.1 Å². The topological polar surface area (TPSA) is 79.5 Å². The second kappa shape index (κ2) is 8.61. The molecule has 0 aromatic carbocycles. The van der Waals surface area contributed by atoms with Gasteiger partial charge in [0.15, 0.2) is 5.76 Å². The Kier molecular flexibility index (Phi) is 6.24. The normalized spacial score (nSPS) is 19.8. The van der Waals surface area contributed by atoms with Crippen molar-refractivity contribution in [1.82, 2.24) is 10.3 Å². The predicted octanol–water partition coefficient (Wildman–Crippen LogP) is 0.661. The summed E-state index contributed by atoms with van der Waals surface area (Å²) in [5.41, 5.74) is 2.53. The molecule has 1 N–H and O–H groups in total. The van der Waals surface area contributed by atoms with E-state index < -0.39 is 0 Å². The number of nitrogens with one attached hydrogen (secondary N) is 1. The van der Waals surface area contributed by atoms with Gasteiger partial charge in [-0.15, -0.1) is 0 Å². The summed E-state index contributed by atoms with van der Waals surface area (Å²) < 4.78 is 17.2. The summed E-state index contributed by atoms with van der Waals surface area (Å²) in [6.07, 6.45) is 1.51. The molecular weight excluding hydrogens is 380 g/mol. The molecule has 1 amide bonds. The van der Waals surface area contributed by atoms with Gasteiger partial charge in [0.05, 0.1) is 43.7 Å². The van der Waals surface area contributed by atoms with Crippen molar-refractivity contribution in [2.24, 2.45) is 5.10 Å². The highest BCUT2D eigenvalue weighted by atomic mass is 79.9. The summed E-state index contributed by atoms with van der Waals surface area (Å²) in [7, 11) is 0. The van der Waals surface area contributed by atoms with Gasteiger partial charge in [-0.25, -0.2) is 5.43 Å². The van der Waals surface area contributed by atoms with Gasteiger partial charge in [-0.3, -0.25) is 9.69 Å². The monoisotopic (exact) mass is 400 g/mol. The van der Waals surface area contributed by atoms with Crippen molar-refractivity contribution < 1.29 is 18.7 Å². The summed E-state index contributed by atoms with van der Waals surface area (Å²) in [5, 5.41) is 3.97. The number of ether oxygens (including phenoxy) is 2. The van der Waals surface area contributed by atoms with Gasteiger partial charge in [0.1, 0.15) is 0 Å². The minimum atomic E-state index is -0.146. The minimum absolute atomic E-state index is 0.146. The average Bonchev–Trinajstić information content (AvgIpc) is 2.97. The summed E-state index contributed by atoms with van der Waals surface area (Å²) in [4.78, 5) is 16.0. The number of furan rings is 1. The maximum absolute atomic E-state index is 11.9. The van der Waals surface area contributed by atoms with Crippen LogP contribution in [0.3, 0.4) is 0 Å². The van der Waals surface area contributed by atoms with Gasteiger partial charge in [0.2, 0.25) is 5.88 Å². The van der Waals surface area contributed by atoms with Crippen LogP contribution in [0.2, 0.25) is 0 Å². The summed E-state index contributed by atoms with van der Waals surface area (Å²) in [6.45, 7) is 6.15. The molecule has 1 aromatic rings. The van der Waals surface area contributed by atoms with Crippen LogP contribution in [-0.4, -0.2) is 76.2 Å². The summed E-state index contributed by atoms with van der Waals surface area (Å²) >= 11 is 3.50. The van der Waals surface area contributed by atoms with Gasteiger partial charge in [-0.05, 0) is 15.9 Å². The molecule has 9 heteroatoms. The van der Waals surface area contributed by atoms with E-state index in [1.807, 2.05) is 11.0 Å².